The Bertz CT molecular complexity index is 326. The van der Waals surface area contributed by atoms with Crippen LogP contribution in [0.25, 0.3) is 0 Å². The van der Waals surface area contributed by atoms with Gasteiger partial charge in [0.05, 0.1) is 0 Å². The van der Waals surface area contributed by atoms with Gasteiger partial charge < -0.3 is 5.11 Å². The van der Waals surface area contributed by atoms with Crippen LogP contribution in [0.5, 0.6) is 0 Å². The van der Waals surface area contributed by atoms with Gasteiger partial charge in [0.25, 0.3) is 0 Å². The topological polar surface area (TPSA) is 40.5 Å². The first-order valence-electron chi connectivity index (χ1n) is 7.22. The van der Waals surface area contributed by atoms with Crippen LogP contribution in [-0.4, -0.2) is 34.6 Å². The second kappa shape index (κ2) is 5.87. The van der Waals surface area contributed by atoms with E-state index < -0.39 is 5.97 Å². The monoisotopic (exact) mass is 251 g/mol. The van der Waals surface area contributed by atoms with Crippen LogP contribution in [0.2, 0.25) is 0 Å². The van der Waals surface area contributed by atoms with E-state index >= 15 is 0 Å². The van der Waals surface area contributed by atoms with Gasteiger partial charge in [-0.1, -0.05) is 18.4 Å². The van der Waals surface area contributed by atoms with Crippen molar-refractivity contribution in [3.05, 3.63) is 12.2 Å². The fourth-order valence-electron chi connectivity index (χ4n) is 3.64. The minimum Gasteiger partial charge on any atom is -0.480 e. The summed E-state index contributed by atoms with van der Waals surface area (Å²) >= 11 is 0. The summed E-state index contributed by atoms with van der Waals surface area (Å²) in [4.78, 5) is 13.7. The number of nitrogens with zero attached hydrogens (tertiary/aromatic N) is 1. The van der Waals surface area contributed by atoms with Crippen molar-refractivity contribution < 1.29 is 9.90 Å². The van der Waals surface area contributed by atoms with Gasteiger partial charge in [0.2, 0.25) is 0 Å². The lowest BCUT2D eigenvalue weighted by Gasteiger charge is -2.47. The minimum atomic E-state index is -0.638. The summed E-state index contributed by atoms with van der Waals surface area (Å²) in [6.45, 7) is 6.83. The molecule has 0 spiro atoms. The van der Waals surface area contributed by atoms with Gasteiger partial charge in [0.15, 0.2) is 0 Å². The number of fused-ring (bicyclic) bond motifs is 1. The molecule has 1 heterocycles. The second-order valence-electron chi connectivity index (χ2n) is 5.99. The molecule has 3 nitrogen and oxygen atoms in total. The van der Waals surface area contributed by atoms with Crippen molar-refractivity contribution in [3.63, 3.8) is 0 Å². The van der Waals surface area contributed by atoms with E-state index in [1.807, 2.05) is 6.92 Å². The molecule has 0 aromatic carbocycles. The molecule has 2 fully saturated rings. The average molecular weight is 251 g/mol. The molecule has 0 amide bonds. The number of carbonyl (C=O) groups is 1. The maximum Gasteiger partial charge on any atom is 0.320 e. The summed E-state index contributed by atoms with van der Waals surface area (Å²) < 4.78 is 0. The zero-order chi connectivity index (χ0) is 13.1. The van der Waals surface area contributed by atoms with Crippen molar-refractivity contribution in [1.29, 1.82) is 0 Å². The lowest BCUT2D eigenvalue weighted by Crippen LogP contribution is -2.55. The quantitative estimate of drug-likeness (QED) is 0.781. The standard InChI is InChI=1S/C15H25NO2/c1-11(2)9-10-16-13-6-4-3-5-12(13)7-8-14(16)15(17)18/h12-14H,1,3-10H2,2H3,(H,17,18). The number of hydrogen-bond acceptors (Lipinski definition) is 2. The van der Waals surface area contributed by atoms with Crippen LogP contribution < -0.4 is 0 Å². The van der Waals surface area contributed by atoms with E-state index in [0.717, 1.165) is 37.3 Å². The maximum atomic E-state index is 11.4. The number of aliphatic carboxylic acids is 1. The van der Waals surface area contributed by atoms with Crippen LogP contribution >= 0.6 is 0 Å². The fourth-order valence-corrected chi connectivity index (χ4v) is 3.64. The van der Waals surface area contributed by atoms with Gasteiger partial charge in [-0.25, -0.2) is 0 Å². The number of rotatable bonds is 4. The molecule has 102 valence electrons. The highest BCUT2D eigenvalue weighted by molar-refractivity contribution is 5.73. The highest BCUT2D eigenvalue weighted by Gasteiger charge is 2.40. The first-order valence-corrected chi connectivity index (χ1v) is 7.22. The molecular formula is C15H25NO2. The van der Waals surface area contributed by atoms with Crippen molar-refractivity contribution in [2.75, 3.05) is 6.54 Å². The summed E-state index contributed by atoms with van der Waals surface area (Å²) in [7, 11) is 0. The first kappa shape index (κ1) is 13.6. The highest BCUT2D eigenvalue weighted by atomic mass is 16.4. The number of piperidine rings is 1. The third-order valence-electron chi connectivity index (χ3n) is 4.59. The molecule has 1 N–H and O–H groups in total. The van der Waals surface area contributed by atoms with E-state index in [9.17, 15) is 9.90 Å². The molecule has 0 radical (unpaired) electrons. The van der Waals surface area contributed by atoms with Crippen molar-refractivity contribution in [2.45, 2.75) is 64.0 Å². The van der Waals surface area contributed by atoms with Crippen LogP contribution in [0.1, 0.15) is 51.9 Å². The fraction of sp³-hybridized carbons (Fsp3) is 0.800. The SMILES string of the molecule is C=C(C)CCN1C(C(=O)O)CCC2CCCCC21. The molecule has 18 heavy (non-hydrogen) atoms. The summed E-state index contributed by atoms with van der Waals surface area (Å²) in [5, 5.41) is 9.40. The van der Waals surface area contributed by atoms with Crippen LogP contribution in [0.3, 0.4) is 0 Å². The predicted molar refractivity (Wildman–Crippen MR) is 72.5 cm³/mol. The molecule has 2 aliphatic rings. The van der Waals surface area contributed by atoms with E-state index in [0.29, 0.717) is 6.04 Å². The van der Waals surface area contributed by atoms with E-state index in [1.165, 1.54) is 25.7 Å². The Morgan fingerprint density at radius 2 is 2.00 bits per heavy atom. The molecule has 1 saturated carbocycles. The Labute approximate surface area is 110 Å². The molecule has 3 atom stereocenters. The van der Waals surface area contributed by atoms with Gasteiger partial charge in [0, 0.05) is 12.6 Å². The predicted octanol–water partition coefficient (Wildman–Crippen LogP) is 3.06. The number of carboxylic acids is 1. The molecule has 1 saturated heterocycles. The van der Waals surface area contributed by atoms with Gasteiger partial charge in [-0.05, 0) is 44.9 Å². The van der Waals surface area contributed by atoms with E-state index in [1.54, 1.807) is 0 Å². The van der Waals surface area contributed by atoms with Gasteiger partial charge in [0.1, 0.15) is 6.04 Å². The highest BCUT2D eigenvalue weighted by Crippen LogP contribution is 2.38. The Kier molecular flexibility index (Phi) is 4.44. The smallest absolute Gasteiger partial charge is 0.320 e. The summed E-state index contributed by atoms with van der Waals surface area (Å²) in [5.41, 5.74) is 1.15. The summed E-state index contributed by atoms with van der Waals surface area (Å²) in [5.74, 6) is 0.0974. The largest absolute Gasteiger partial charge is 0.480 e. The maximum absolute atomic E-state index is 11.4. The normalized spacial score (nSPS) is 32.8. The molecule has 1 aliphatic carbocycles. The molecule has 1 aliphatic heterocycles. The Balaban J connectivity index is 2.08. The Morgan fingerprint density at radius 1 is 1.28 bits per heavy atom. The Hall–Kier alpha value is -0.830. The summed E-state index contributed by atoms with van der Waals surface area (Å²) in [6.07, 6.45) is 7.92. The number of carboxylic acid groups (broad SMARTS) is 1. The molecular weight excluding hydrogens is 226 g/mol. The molecule has 0 aromatic rings. The average Bonchev–Trinajstić information content (AvgIpc) is 2.35. The van der Waals surface area contributed by atoms with Gasteiger partial charge in [-0.15, -0.1) is 6.58 Å². The lowest BCUT2D eigenvalue weighted by molar-refractivity contribution is -0.148. The van der Waals surface area contributed by atoms with Gasteiger partial charge in [-0.3, -0.25) is 9.69 Å². The van der Waals surface area contributed by atoms with Gasteiger partial charge in [-0.2, -0.15) is 0 Å². The third-order valence-corrected chi connectivity index (χ3v) is 4.59. The molecule has 3 unspecified atom stereocenters. The third kappa shape index (κ3) is 2.94. The van der Waals surface area contributed by atoms with Crippen LogP contribution in [0, 0.1) is 5.92 Å². The number of likely N-dealkylation sites (tertiary alicyclic amines) is 1. The van der Waals surface area contributed by atoms with Crippen molar-refractivity contribution in [2.24, 2.45) is 5.92 Å². The van der Waals surface area contributed by atoms with E-state index in [4.69, 9.17) is 0 Å². The summed E-state index contributed by atoms with van der Waals surface area (Å²) in [6, 6.07) is 0.247. The van der Waals surface area contributed by atoms with Crippen LogP contribution in [0.15, 0.2) is 12.2 Å². The minimum absolute atomic E-state index is 0.260. The first-order chi connectivity index (χ1) is 8.59. The molecule has 0 aromatic heterocycles. The zero-order valence-electron chi connectivity index (χ0n) is 11.4. The van der Waals surface area contributed by atoms with Gasteiger partial charge >= 0.3 is 5.97 Å². The molecule has 0 bridgehead atoms. The molecule has 3 heteroatoms. The van der Waals surface area contributed by atoms with Crippen LogP contribution in [-0.2, 0) is 4.79 Å². The van der Waals surface area contributed by atoms with Crippen molar-refractivity contribution >= 4 is 5.97 Å². The van der Waals surface area contributed by atoms with Crippen molar-refractivity contribution in [1.82, 2.24) is 4.90 Å². The zero-order valence-corrected chi connectivity index (χ0v) is 11.4. The number of hydrogen-bond donors (Lipinski definition) is 1. The van der Waals surface area contributed by atoms with Crippen LogP contribution in [0.4, 0.5) is 0 Å². The van der Waals surface area contributed by atoms with E-state index in [2.05, 4.69) is 11.5 Å². The molecule has 2 rings (SSSR count). The van der Waals surface area contributed by atoms with Crippen molar-refractivity contribution in [3.8, 4) is 0 Å². The van der Waals surface area contributed by atoms with E-state index in [-0.39, 0.29) is 6.04 Å². The Morgan fingerprint density at radius 3 is 2.67 bits per heavy atom. The second-order valence-corrected chi connectivity index (χ2v) is 5.99. The lowest BCUT2D eigenvalue weighted by atomic mass is 9.76.